The molecule has 2 aromatic rings. The summed E-state index contributed by atoms with van der Waals surface area (Å²) in [5.74, 6) is 0. The van der Waals surface area contributed by atoms with Crippen LogP contribution in [0.4, 0.5) is 0 Å². The summed E-state index contributed by atoms with van der Waals surface area (Å²) in [7, 11) is 0. The first kappa shape index (κ1) is 11.2. The lowest BCUT2D eigenvalue weighted by atomic mass is 10.2. The number of aliphatic hydroxyl groups excluding tert-OH is 1. The van der Waals surface area contributed by atoms with Crippen molar-refractivity contribution in [3.05, 3.63) is 39.9 Å². The van der Waals surface area contributed by atoms with Crippen molar-refractivity contribution in [3.63, 3.8) is 0 Å². The smallest absolute Gasteiger partial charge is 0.115 e. The van der Waals surface area contributed by atoms with Gasteiger partial charge < -0.3 is 5.11 Å². The Hall–Kier alpha value is -1.33. The van der Waals surface area contributed by atoms with Crippen LogP contribution in [0.3, 0.4) is 0 Å². The number of aliphatic hydroxyl groups is 1. The van der Waals surface area contributed by atoms with Crippen molar-refractivity contribution in [2.24, 2.45) is 0 Å². The zero-order valence-electron chi connectivity index (χ0n) is 9.21. The fraction of sp³-hybridized carbons (Fsp3) is 0.364. The van der Waals surface area contributed by atoms with Gasteiger partial charge in [0.2, 0.25) is 0 Å². The standard InChI is InChI=1S/C11H13N3OS/c1-7-8(2)16-11(14-7)5-10(15)9-3-4-12-6-13-9/h3-4,6,10,15H,5H2,1-2H3. The number of hydrogen-bond acceptors (Lipinski definition) is 5. The Kier molecular flexibility index (Phi) is 3.26. The summed E-state index contributed by atoms with van der Waals surface area (Å²) in [5, 5.41) is 10.9. The van der Waals surface area contributed by atoms with E-state index in [0.717, 1.165) is 10.7 Å². The minimum Gasteiger partial charge on any atom is -0.386 e. The predicted molar refractivity (Wildman–Crippen MR) is 62.3 cm³/mol. The minimum absolute atomic E-state index is 0.510. The van der Waals surface area contributed by atoms with Gasteiger partial charge in [0.25, 0.3) is 0 Å². The summed E-state index contributed by atoms with van der Waals surface area (Å²) in [6, 6.07) is 1.72. The van der Waals surface area contributed by atoms with Crippen LogP contribution >= 0.6 is 11.3 Å². The first-order valence-corrected chi connectivity index (χ1v) is 5.85. The Bertz CT molecular complexity index is 450. The van der Waals surface area contributed by atoms with Crippen LogP contribution in [-0.2, 0) is 6.42 Å². The topological polar surface area (TPSA) is 58.9 Å². The molecule has 0 bridgehead atoms. The van der Waals surface area contributed by atoms with Crippen molar-refractivity contribution in [3.8, 4) is 0 Å². The average molecular weight is 235 g/mol. The van der Waals surface area contributed by atoms with Gasteiger partial charge >= 0.3 is 0 Å². The lowest BCUT2D eigenvalue weighted by Gasteiger charge is -2.06. The molecule has 2 aromatic heterocycles. The largest absolute Gasteiger partial charge is 0.386 e. The summed E-state index contributed by atoms with van der Waals surface area (Å²) < 4.78 is 0. The van der Waals surface area contributed by atoms with Crippen LogP contribution in [0.2, 0.25) is 0 Å². The van der Waals surface area contributed by atoms with Gasteiger partial charge in [0.1, 0.15) is 12.4 Å². The maximum absolute atomic E-state index is 9.95. The molecule has 4 nitrogen and oxygen atoms in total. The number of aryl methyl sites for hydroxylation is 2. The molecule has 5 heteroatoms. The molecule has 0 fully saturated rings. The van der Waals surface area contributed by atoms with Gasteiger partial charge in [-0.2, -0.15) is 0 Å². The zero-order valence-corrected chi connectivity index (χ0v) is 10.0. The third-order valence-corrected chi connectivity index (χ3v) is 3.48. The van der Waals surface area contributed by atoms with Crippen LogP contribution in [0.15, 0.2) is 18.6 Å². The van der Waals surface area contributed by atoms with Gasteiger partial charge in [-0.15, -0.1) is 11.3 Å². The molecule has 2 heterocycles. The number of nitrogens with zero attached hydrogens (tertiary/aromatic N) is 3. The molecule has 1 N–H and O–H groups in total. The van der Waals surface area contributed by atoms with E-state index in [-0.39, 0.29) is 0 Å². The van der Waals surface area contributed by atoms with Crippen LogP contribution in [0, 0.1) is 13.8 Å². The van der Waals surface area contributed by atoms with Gasteiger partial charge in [0.15, 0.2) is 0 Å². The fourth-order valence-electron chi connectivity index (χ4n) is 1.39. The molecule has 0 aliphatic carbocycles. The second-order valence-corrected chi connectivity index (χ2v) is 4.89. The molecule has 1 unspecified atom stereocenters. The molecule has 16 heavy (non-hydrogen) atoms. The number of aromatic nitrogens is 3. The highest BCUT2D eigenvalue weighted by Crippen LogP contribution is 2.22. The van der Waals surface area contributed by atoms with Crippen LogP contribution in [0.1, 0.15) is 27.4 Å². The first-order valence-electron chi connectivity index (χ1n) is 5.03. The van der Waals surface area contributed by atoms with E-state index in [2.05, 4.69) is 15.0 Å². The molecular weight excluding hydrogens is 222 g/mol. The van der Waals surface area contributed by atoms with Crippen LogP contribution in [0.5, 0.6) is 0 Å². The van der Waals surface area contributed by atoms with E-state index in [1.54, 1.807) is 23.6 Å². The van der Waals surface area contributed by atoms with Gasteiger partial charge in [-0.25, -0.2) is 15.0 Å². The predicted octanol–water partition coefficient (Wildman–Crippen LogP) is 1.83. The van der Waals surface area contributed by atoms with Crippen molar-refractivity contribution in [1.82, 2.24) is 15.0 Å². The van der Waals surface area contributed by atoms with E-state index < -0.39 is 6.10 Å². The van der Waals surface area contributed by atoms with E-state index in [1.807, 2.05) is 13.8 Å². The molecule has 0 saturated carbocycles. The van der Waals surface area contributed by atoms with E-state index >= 15 is 0 Å². The van der Waals surface area contributed by atoms with Gasteiger partial charge in [-0.1, -0.05) is 0 Å². The fourth-order valence-corrected chi connectivity index (χ4v) is 2.37. The van der Waals surface area contributed by atoms with E-state index in [4.69, 9.17) is 0 Å². The highest BCUT2D eigenvalue weighted by atomic mass is 32.1. The van der Waals surface area contributed by atoms with Gasteiger partial charge in [-0.05, 0) is 19.9 Å². The number of hydrogen-bond donors (Lipinski definition) is 1. The molecule has 2 rings (SSSR count). The van der Waals surface area contributed by atoms with Crippen LogP contribution < -0.4 is 0 Å². The second-order valence-electron chi connectivity index (χ2n) is 3.60. The van der Waals surface area contributed by atoms with Crippen molar-refractivity contribution in [2.75, 3.05) is 0 Å². The summed E-state index contributed by atoms with van der Waals surface area (Å²) >= 11 is 1.62. The molecule has 0 spiro atoms. The number of rotatable bonds is 3. The summed E-state index contributed by atoms with van der Waals surface area (Å²) in [6.07, 6.45) is 2.98. The molecule has 0 radical (unpaired) electrons. The zero-order chi connectivity index (χ0) is 11.5. The van der Waals surface area contributed by atoms with Gasteiger partial charge in [0.05, 0.1) is 16.4 Å². The Morgan fingerprint density at radius 1 is 1.44 bits per heavy atom. The Morgan fingerprint density at radius 3 is 2.81 bits per heavy atom. The lowest BCUT2D eigenvalue weighted by molar-refractivity contribution is 0.173. The highest BCUT2D eigenvalue weighted by Gasteiger charge is 2.13. The van der Waals surface area contributed by atoms with Crippen LogP contribution in [0.25, 0.3) is 0 Å². The minimum atomic E-state index is -0.604. The van der Waals surface area contributed by atoms with Gasteiger partial charge in [0, 0.05) is 17.5 Å². The normalized spacial score (nSPS) is 12.7. The maximum Gasteiger partial charge on any atom is 0.115 e. The molecule has 0 amide bonds. The van der Waals surface area contributed by atoms with Crippen LogP contribution in [-0.4, -0.2) is 20.1 Å². The molecule has 84 valence electrons. The highest BCUT2D eigenvalue weighted by molar-refractivity contribution is 7.11. The average Bonchev–Trinajstić information content (AvgIpc) is 2.59. The molecule has 0 aliphatic rings. The second kappa shape index (κ2) is 4.67. The van der Waals surface area contributed by atoms with E-state index in [9.17, 15) is 5.11 Å². The molecule has 0 aromatic carbocycles. The van der Waals surface area contributed by atoms with Crippen molar-refractivity contribution < 1.29 is 5.11 Å². The Morgan fingerprint density at radius 2 is 2.25 bits per heavy atom. The van der Waals surface area contributed by atoms with E-state index in [1.165, 1.54) is 11.2 Å². The van der Waals surface area contributed by atoms with Crippen molar-refractivity contribution >= 4 is 11.3 Å². The SMILES string of the molecule is Cc1nc(CC(O)c2ccncn2)sc1C. The summed E-state index contributed by atoms with van der Waals surface area (Å²) in [6.45, 7) is 4.01. The van der Waals surface area contributed by atoms with Crippen molar-refractivity contribution in [1.29, 1.82) is 0 Å². The monoisotopic (exact) mass is 235 g/mol. The Balaban J connectivity index is 2.11. The summed E-state index contributed by atoms with van der Waals surface area (Å²) in [5.41, 5.74) is 1.68. The summed E-state index contributed by atoms with van der Waals surface area (Å²) in [4.78, 5) is 13.4. The maximum atomic E-state index is 9.95. The lowest BCUT2D eigenvalue weighted by Crippen LogP contribution is -2.03. The molecule has 0 saturated heterocycles. The third kappa shape index (κ3) is 2.43. The molecular formula is C11H13N3OS. The molecule has 1 atom stereocenters. The first-order chi connectivity index (χ1) is 7.66. The molecule has 0 aliphatic heterocycles. The van der Waals surface area contributed by atoms with Gasteiger partial charge in [-0.3, -0.25) is 0 Å². The Labute approximate surface area is 98.0 Å². The van der Waals surface area contributed by atoms with Crippen molar-refractivity contribution in [2.45, 2.75) is 26.4 Å². The number of thiazole rings is 1. The van der Waals surface area contributed by atoms with E-state index in [0.29, 0.717) is 12.1 Å². The third-order valence-electron chi connectivity index (χ3n) is 2.39. The quantitative estimate of drug-likeness (QED) is 0.881.